The maximum atomic E-state index is 11.9. The molecule has 2 aromatic heterocycles. The molecule has 2 aromatic carbocycles. The molecule has 0 bridgehead atoms. The van der Waals surface area contributed by atoms with E-state index in [1.165, 1.54) is 0 Å². The van der Waals surface area contributed by atoms with E-state index in [-0.39, 0.29) is 17.2 Å². The number of carbonyl (C=O) groups excluding carboxylic acids is 2. The lowest BCUT2D eigenvalue weighted by molar-refractivity contribution is 0.0444. The fourth-order valence-corrected chi connectivity index (χ4v) is 3.34. The maximum Gasteiger partial charge on any atom is 0.346 e. The van der Waals surface area contributed by atoms with Gasteiger partial charge < -0.3 is 10.1 Å². The minimum absolute atomic E-state index is 0.0232. The molecule has 142 valence electrons. The van der Waals surface area contributed by atoms with Gasteiger partial charge in [0.2, 0.25) is 5.95 Å². The van der Waals surface area contributed by atoms with Crippen molar-refractivity contribution in [2.75, 3.05) is 5.32 Å². The van der Waals surface area contributed by atoms with Crippen LogP contribution in [0.15, 0.2) is 61.1 Å². The number of anilines is 1. The molecule has 0 unspecified atom stereocenters. The zero-order valence-corrected chi connectivity index (χ0v) is 15.4. The fourth-order valence-electron chi connectivity index (χ4n) is 3.34. The van der Waals surface area contributed by atoms with Crippen LogP contribution in [0, 0.1) is 0 Å². The molecular weight excluding hydrogens is 370 g/mol. The number of rotatable bonds is 4. The molecule has 0 fully saturated rings. The highest BCUT2D eigenvalue weighted by molar-refractivity contribution is 6.16. The van der Waals surface area contributed by atoms with Gasteiger partial charge in [0.25, 0.3) is 0 Å². The van der Waals surface area contributed by atoms with Crippen LogP contribution in [-0.2, 0) is 4.74 Å². The van der Waals surface area contributed by atoms with Crippen LogP contribution in [0.25, 0.3) is 16.9 Å². The molecule has 0 radical (unpaired) electrons. The summed E-state index contributed by atoms with van der Waals surface area (Å²) in [6.07, 6.45) is 3.25. The van der Waals surface area contributed by atoms with Crippen LogP contribution in [0.1, 0.15) is 39.2 Å². The highest BCUT2D eigenvalue weighted by Gasteiger charge is 2.31. The summed E-state index contributed by atoms with van der Waals surface area (Å²) < 4.78 is 6.41. The number of aromatic nitrogens is 4. The number of hydrogen-bond donors (Lipinski definition) is 1. The summed E-state index contributed by atoms with van der Waals surface area (Å²) in [7, 11) is 0. The van der Waals surface area contributed by atoms with E-state index >= 15 is 0 Å². The third-order valence-electron chi connectivity index (χ3n) is 4.84. The number of ether oxygens (including phenoxy) is 1. The van der Waals surface area contributed by atoms with Gasteiger partial charge in [-0.15, -0.1) is 0 Å². The number of nitrogens with zero attached hydrogens (tertiary/aromatic N) is 4. The highest BCUT2D eigenvalue weighted by atomic mass is 16.6. The number of benzene rings is 2. The molecule has 1 aliphatic rings. The van der Waals surface area contributed by atoms with Gasteiger partial charge in [0, 0.05) is 6.20 Å². The number of fused-ring (bicyclic) bond motifs is 2. The lowest BCUT2D eigenvalue weighted by atomic mass is 10.1. The van der Waals surface area contributed by atoms with Gasteiger partial charge in [-0.1, -0.05) is 30.3 Å². The molecule has 1 aliphatic heterocycles. The van der Waals surface area contributed by atoms with Gasteiger partial charge in [0.15, 0.2) is 0 Å². The van der Waals surface area contributed by atoms with E-state index in [4.69, 9.17) is 0 Å². The third kappa shape index (κ3) is 2.91. The van der Waals surface area contributed by atoms with Crippen LogP contribution in [0.5, 0.6) is 0 Å². The molecule has 0 spiro atoms. The van der Waals surface area contributed by atoms with E-state index in [0.29, 0.717) is 22.8 Å². The summed E-state index contributed by atoms with van der Waals surface area (Å²) in [5.41, 5.74) is 2.80. The van der Waals surface area contributed by atoms with Crippen LogP contribution in [0.2, 0.25) is 0 Å². The van der Waals surface area contributed by atoms with E-state index in [0.717, 1.165) is 5.56 Å². The van der Waals surface area contributed by atoms with Crippen molar-refractivity contribution < 1.29 is 14.3 Å². The number of imidazole rings is 1. The van der Waals surface area contributed by atoms with Crippen LogP contribution in [0.4, 0.5) is 5.95 Å². The van der Waals surface area contributed by atoms with Crippen molar-refractivity contribution >= 4 is 28.9 Å². The maximum absolute atomic E-state index is 11.9. The normalized spacial score (nSPS) is 14.0. The van der Waals surface area contributed by atoms with Crippen LogP contribution in [0.3, 0.4) is 0 Å². The molecule has 8 heteroatoms. The van der Waals surface area contributed by atoms with Gasteiger partial charge in [-0.05, 0) is 30.7 Å². The van der Waals surface area contributed by atoms with E-state index < -0.39 is 11.9 Å². The number of carbonyl (C=O) groups is 2. The first-order chi connectivity index (χ1) is 14.1. The zero-order chi connectivity index (χ0) is 20.0. The van der Waals surface area contributed by atoms with Crippen LogP contribution < -0.4 is 5.32 Å². The molecule has 0 aliphatic carbocycles. The number of cyclic esters (lactones) is 2. The van der Waals surface area contributed by atoms with Gasteiger partial charge in [-0.3, -0.25) is 4.57 Å². The Bertz CT molecular complexity index is 1270. The predicted octanol–water partition coefficient (Wildman–Crippen LogP) is 3.30. The Balaban J connectivity index is 1.51. The topological polar surface area (TPSA) is 99.0 Å². The molecule has 1 N–H and O–H groups in total. The average Bonchev–Trinajstić information content (AvgIpc) is 3.28. The SMILES string of the molecule is C[C@H](Nc1nccc(-n2cnc3cc4c(cc32)C(=O)OC4=O)n1)c1ccccc1. The van der Waals surface area contributed by atoms with Crippen LogP contribution >= 0.6 is 0 Å². The van der Waals surface area contributed by atoms with E-state index in [2.05, 4.69) is 25.0 Å². The Morgan fingerprint density at radius 2 is 1.76 bits per heavy atom. The second-order valence-corrected chi connectivity index (χ2v) is 6.69. The quantitative estimate of drug-likeness (QED) is 0.425. The molecule has 5 rings (SSSR count). The minimum Gasteiger partial charge on any atom is -0.386 e. The Morgan fingerprint density at radius 1 is 1.00 bits per heavy atom. The van der Waals surface area contributed by atoms with Gasteiger partial charge >= 0.3 is 11.9 Å². The first-order valence-corrected chi connectivity index (χ1v) is 9.02. The summed E-state index contributed by atoms with van der Waals surface area (Å²) in [5.74, 6) is -0.245. The second-order valence-electron chi connectivity index (χ2n) is 6.69. The van der Waals surface area contributed by atoms with Gasteiger partial charge in [-0.25, -0.2) is 19.6 Å². The van der Waals surface area contributed by atoms with Crippen molar-refractivity contribution in [3.63, 3.8) is 0 Å². The molecule has 8 nitrogen and oxygen atoms in total. The third-order valence-corrected chi connectivity index (χ3v) is 4.84. The minimum atomic E-state index is -0.652. The second kappa shape index (κ2) is 6.52. The Hall–Kier alpha value is -4.07. The Labute approximate surface area is 165 Å². The van der Waals surface area contributed by atoms with Crippen LogP contribution in [-0.4, -0.2) is 31.5 Å². The molecule has 3 heterocycles. The Morgan fingerprint density at radius 3 is 2.55 bits per heavy atom. The summed E-state index contributed by atoms with van der Waals surface area (Å²) in [4.78, 5) is 36.9. The number of esters is 2. The van der Waals surface area contributed by atoms with Gasteiger partial charge in [0.05, 0.1) is 28.2 Å². The standard InChI is InChI=1S/C21H15N5O3/c1-12(13-5-3-2-4-6-13)24-21-22-8-7-18(25-21)26-11-23-16-9-14-15(10-17(16)26)20(28)29-19(14)27/h2-12H,1H3,(H,22,24,25)/t12-/m0/s1. The fraction of sp³-hybridized carbons (Fsp3) is 0.0952. The van der Waals surface area contributed by atoms with E-state index in [1.54, 1.807) is 35.3 Å². The van der Waals surface area contributed by atoms with Gasteiger partial charge in [-0.2, -0.15) is 4.98 Å². The molecule has 4 aromatic rings. The smallest absolute Gasteiger partial charge is 0.346 e. The van der Waals surface area contributed by atoms with E-state index in [9.17, 15) is 9.59 Å². The van der Waals surface area contributed by atoms with Crippen molar-refractivity contribution in [1.82, 2.24) is 19.5 Å². The largest absolute Gasteiger partial charge is 0.386 e. The number of nitrogens with one attached hydrogen (secondary N) is 1. The van der Waals surface area contributed by atoms with E-state index in [1.807, 2.05) is 37.3 Å². The van der Waals surface area contributed by atoms with Crippen molar-refractivity contribution in [3.8, 4) is 5.82 Å². The molecule has 1 atom stereocenters. The van der Waals surface area contributed by atoms with Crippen molar-refractivity contribution in [1.29, 1.82) is 0 Å². The molecule has 0 saturated carbocycles. The van der Waals surface area contributed by atoms with Crippen molar-refractivity contribution in [3.05, 3.63) is 77.7 Å². The molecule has 29 heavy (non-hydrogen) atoms. The summed E-state index contributed by atoms with van der Waals surface area (Å²) in [6, 6.07) is 14.9. The lowest BCUT2D eigenvalue weighted by Gasteiger charge is -2.14. The summed E-state index contributed by atoms with van der Waals surface area (Å²) in [6.45, 7) is 2.03. The first kappa shape index (κ1) is 17.1. The van der Waals surface area contributed by atoms with Crippen molar-refractivity contribution in [2.45, 2.75) is 13.0 Å². The average molecular weight is 385 g/mol. The summed E-state index contributed by atoms with van der Waals surface area (Å²) in [5, 5.41) is 3.29. The molecule has 0 saturated heterocycles. The molecular formula is C21H15N5O3. The lowest BCUT2D eigenvalue weighted by Crippen LogP contribution is -2.10. The van der Waals surface area contributed by atoms with Crippen molar-refractivity contribution in [2.24, 2.45) is 0 Å². The zero-order valence-electron chi connectivity index (χ0n) is 15.4. The first-order valence-electron chi connectivity index (χ1n) is 9.02. The predicted molar refractivity (Wildman–Crippen MR) is 105 cm³/mol. The monoisotopic (exact) mass is 385 g/mol. The van der Waals surface area contributed by atoms with Gasteiger partial charge in [0.1, 0.15) is 12.1 Å². The molecule has 0 amide bonds. The number of hydrogen-bond acceptors (Lipinski definition) is 7. The Kier molecular flexibility index (Phi) is 3.83. The summed E-state index contributed by atoms with van der Waals surface area (Å²) >= 11 is 0. The highest BCUT2D eigenvalue weighted by Crippen LogP contribution is 2.27.